The highest BCUT2D eigenvalue weighted by Gasteiger charge is 2.04. The number of hydrogen-bond donors (Lipinski definition) is 1. The van der Waals surface area contributed by atoms with Gasteiger partial charge in [0, 0.05) is 35.8 Å². The summed E-state index contributed by atoms with van der Waals surface area (Å²) in [5.41, 5.74) is 8.39. The Kier molecular flexibility index (Phi) is 2.41. The summed E-state index contributed by atoms with van der Waals surface area (Å²) >= 11 is 0. The summed E-state index contributed by atoms with van der Waals surface area (Å²) in [6.07, 6.45) is 7.26. The second-order valence-corrected chi connectivity index (χ2v) is 3.81. The van der Waals surface area contributed by atoms with Crippen molar-refractivity contribution in [3.8, 4) is 11.1 Å². The Morgan fingerprint density at radius 3 is 2.60 bits per heavy atom. The fourth-order valence-corrected chi connectivity index (χ4v) is 1.39. The monoisotopic (exact) mass is 202 g/mol. The van der Waals surface area contributed by atoms with Gasteiger partial charge in [0.15, 0.2) is 0 Å². The summed E-state index contributed by atoms with van der Waals surface area (Å²) < 4.78 is 1.92. The van der Waals surface area contributed by atoms with E-state index in [4.69, 9.17) is 5.73 Å². The van der Waals surface area contributed by atoms with Gasteiger partial charge in [0.2, 0.25) is 0 Å². The van der Waals surface area contributed by atoms with Gasteiger partial charge in [-0.15, -0.1) is 0 Å². The maximum atomic E-state index is 5.67. The summed E-state index contributed by atoms with van der Waals surface area (Å²) in [4.78, 5) is 4.05. The maximum Gasteiger partial charge on any atom is 0.0569 e. The quantitative estimate of drug-likeness (QED) is 0.811. The molecule has 2 aromatic rings. The van der Waals surface area contributed by atoms with Gasteiger partial charge in [-0.3, -0.25) is 9.67 Å². The Morgan fingerprint density at radius 1 is 1.20 bits per heavy atom. The van der Waals surface area contributed by atoms with E-state index < -0.39 is 0 Å². The molecule has 0 amide bonds. The van der Waals surface area contributed by atoms with Gasteiger partial charge >= 0.3 is 0 Å². The van der Waals surface area contributed by atoms with Crippen LogP contribution in [0.5, 0.6) is 0 Å². The van der Waals surface area contributed by atoms with E-state index in [1.54, 1.807) is 12.4 Å². The Labute approximate surface area is 88.8 Å². The normalized spacial score (nSPS) is 10.9. The van der Waals surface area contributed by atoms with Gasteiger partial charge in [-0.25, -0.2) is 0 Å². The molecule has 2 heterocycles. The first-order chi connectivity index (χ1) is 7.16. The molecule has 0 spiro atoms. The molecule has 78 valence electrons. The molecule has 0 aliphatic carbocycles. The summed E-state index contributed by atoms with van der Waals surface area (Å²) in [6, 6.07) is 2.27. The van der Waals surface area contributed by atoms with Crippen LogP contribution in [0.1, 0.15) is 19.9 Å². The molecular formula is C11H14N4. The van der Waals surface area contributed by atoms with E-state index in [0.717, 1.165) is 11.1 Å². The predicted molar refractivity (Wildman–Crippen MR) is 60.3 cm³/mol. The van der Waals surface area contributed by atoms with E-state index in [1.165, 1.54) is 0 Å². The third kappa shape index (κ3) is 1.98. The SMILES string of the molecule is CC(C)n1cc(-c2cncc(N)c2)cn1. The van der Waals surface area contributed by atoms with Crippen LogP contribution in [0.4, 0.5) is 5.69 Å². The molecule has 0 saturated heterocycles. The van der Waals surface area contributed by atoms with Gasteiger partial charge in [-0.1, -0.05) is 0 Å². The van der Waals surface area contributed by atoms with Gasteiger partial charge < -0.3 is 5.73 Å². The lowest BCUT2D eigenvalue weighted by Gasteiger charge is -2.03. The molecule has 2 rings (SSSR count). The van der Waals surface area contributed by atoms with Crippen LogP contribution in [0, 0.1) is 0 Å². The Bertz CT molecular complexity index is 459. The zero-order valence-corrected chi connectivity index (χ0v) is 8.88. The number of pyridine rings is 1. The van der Waals surface area contributed by atoms with Crippen molar-refractivity contribution in [1.29, 1.82) is 0 Å². The summed E-state index contributed by atoms with van der Waals surface area (Å²) in [5.74, 6) is 0. The van der Waals surface area contributed by atoms with Crippen LogP contribution in [-0.2, 0) is 0 Å². The predicted octanol–water partition coefficient (Wildman–Crippen LogP) is 2.11. The van der Waals surface area contributed by atoms with Gasteiger partial charge in [0.25, 0.3) is 0 Å². The standard InChI is InChI=1S/C11H14N4/c1-8(2)15-7-10(5-14-15)9-3-11(12)6-13-4-9/h3-8H,12H2,1-2H3. The molecule has 0 atom stereocenters. The summed E-state index contributed by atoms with van der Waals surface area (Å²) in [7, 11) is 0. The van der Waals surface area contributed by atoms with Crippen LogP contribution in [0.15, 0.2) is 30.9 Å². The van der Waals surface area contributed by atoms with Crippen molar-refractivity contribution in [2.75, 3.05) is 5.73 Å². The first kappa shape index (κ1) is 9.71. The summed E-state index contributed by atoms with van der Waals surface area (Å²) in [5, 5.41) is 4.27. The summed E-state index contributed by atoms with van der Waals surface area (Å²) in [6.45, 7) is 4.18. The zero-order valence-electron chi connectivity index (χ0n) is 8.88. The molecule has 0 aromatic carbocycles. The van der Waals surface area contributed by atoms with Crippen molar-refractivity contribution in [3.05, 3.63) is 30.9 Å². The van der Waals surface area contributed by atoms with Crippen LogP contribution in [0.25, 0.3) is 11.1 Å². The molecule has 15 heavy (non-hydrogen) atoms. The molecule has 4 heteroatoms. The number of nitrogen functional groups attached to an aromatic ring is 1. The minimum Gasteiger partial charge on any atom is -0.397 e. The third-order valence-electron chi connectivity index (χ3n) is 2.22. The van der Waals surface area contributed by atoms with Crippen LogP contribution in [-0.4, -0.2) is 14.8 Å². The highest BCUT2D eigenvalue weighted by Crippen LogP contribution is 2.20. The maximum absolute atomic E-state index is 5.67. The Balaban J connectivity index is 2.37. The molecule has 0 radical (unpaired) electrons. The first-order valence-electron chi connectivity index (χ1n) is 4.92. The molecule has 0 aliphatic rings. The molecule has 0 fully saturated rings. The first-order valence-corrected chi connectivity index (χ1v) is 4.92. The average molecular weight is 202 g/mol. The highest BCUT2D eigenvalue weighted by molar-refractivity contribution is 5.64. The number of nitrogens with two attached hydrogens (primary N) is 1. The van der Waals surface area contributed by atoms with Crippen molar-refractivity contribution >= 4 is 5.69 Å². The smallest absolute Gasteiger partial charge is 0.0569 e. The minimum atomic E-state index is 0.368. The van der Waals surface area contributed by atoms with Gasteiger partial charge in [0.05, 0.1) is 11.9 Å². The van der Waals surface area contributed by atoms with Crippen molar-refractivity contribution in [3.63, 3.8) is 0 Å². The molecule has 0 unspecified atom stereocenters. The molecule has 0 aliphatic heterocycles. The minimum absolute atomic E-state index is 0.368. The van der Waals surface area contributed by atoms with Gasteiger partial charge in [-0.2, -0.15) is 5.10 Å². The third-order valence-corrected chi connectivity index (χ3v) is 2.22. The van der Waals surface area contributed by atoms with Crippen molar-refractivity contribution in [2.45, 2.75) is 19.9 Å². The Morgan fingerprint density at radius 2 is 2.00 bits per heavy atom. The van der Waals surface area contributed by atoms with Crippen molar-refractivity contribution < 1.29 is 0 Å². The van der Waals surface area contributed by atoms with Gasteiger partial charge in [0.1, 0.15) is 0 Å². The number of nitrogens with zero attached hydrogens (tertiary/aromatic N) is 3. The van der Waals surface area contributed by atoms with E-state index in [9.17, 15) is 0 Å². The van der Waals surface area contributed by atoms with E-state index in [-0.39, 0.29) is 0 Å². The highest BCUT2D eigenvalue weighted by atomic mass is 15.3. The molecule has 2 N–H and O–H groups in total. The van der Waals surface area contributed by atoms with E-state index in [0.29, 0.717) is 11.7 Å². The Hall–Kier alpha value is -1.84. The van der Waals surface area contributed by atoms with Crippen molar-refractivity contribution in [2.24, 2.45) is 0 Å². The van der Waals surface area contributed by atoms with E-state index in [2.05, 4.69) is 23.9 Å². The fourth-order valence-electron chi connectivity index (χ4n) is 1.39. The molecular weight excluding hydrogens is 188 g/mol. The zero-order chi connectivity index (χ0) is 10.8. The second kappa shape index (κ2) is 3.73. The largest absolute Gasteiger partial charge is 0.397 e. The number of hydrogen-bond acceptors (Lipinski definition) is 3. The lowest BCUT2D eigenvalue weighted by Crippen LogP contribution is -1.99. The second-order valence-electron chi connectivity index (χ2n) is 3.81. The molecule has 0 saturated carbocycles. The lowest BCUT2D eigenvalue weighted by atomic mass is 10.1. The molecule has 2 aromatic heterocycles. The molecule has 0 bridgehead atoms. The van der Waals surface area contributed by atoms with Crippen LogP contribution >= 0.6 is 0 Å². The van der Waals surface area contributed by atoms with E-state index in [1.807, 2.05) is 23.1 Å². The average Bonchev–Trinajstić information content (AvgIpc) is 2.66. The number of aromatic nitrogens is 3. The fraction of sp³-hybridized carbons (Fsp3) is 0.273. The van der Waals surface area contributed by atoms with Crippen LogP contribution in [0.2, 0.25) is 0 Å². The molecule has 4 nitrogen and oxygen atoms in total. The van der Waals surface area contributed by atoms with Crippen molar-refractivity contribution in [1.82, 2.24) is 14.8 Å². The number of rotatable bonds is 2. The van der Waals surface area contributed by atoms with Gasteiger partial charge in [-0.05, 0) is 19.9 Å². The topological polar surface area (TPSA) is 56.7 Å². The van der Waals surface area contributed by atoms with E-state index >= 15 is 0 Å². The lowest BCUT2D eigenvalue weighted by molar-refractivity contribution is 0.532. The number of anilines is 1. The van der Waals surface area contributed by atoms with Crippen LogP contribution in [0.3, 0.4) is 0 Å². The van der Waals surface area contributed by atoms with Crippen LogP contribution < -0.4 is 5.73 Å².